The van der Waals surface area contributed by atoms with Gasteiger partial charge in [0, 0.05) is 18.2 Å². The minimum atomic E-state index is 0.391. The lowest BCUT2D eigenvalue weighted by molar-refractivity contribution is 0.227. The predicted molar refractivity (Wildman–Crippen MR) is 102 cm³/mol. The molecule has 0 saturated carbocycles. The summed E-state index contributed by atoms with van der Waals surface area (Å²) >= 11 is 0. The number of nitrogens with one attached hydrogen (secondary N) is 1. The zero-order chi connectivity index (χ0) is 17.1. The Kier molecular flexibility index (Phi) is 5.04. The average molecular weight is 336 g/mol. The second kappa shape index (κ2) is 7.59. The maximum absolute atomic E-state index is 5.65. The van der Waals surface area contributed by atoms with E-state index in [0.29, 0.717) is 12.1 Å². The zero-order valence-electron chi connectivity index (χ0n) is 15.1. The summed E-state index contributed by atoms with van der Waals surface area (Å²) in [6.45, 7) is 3.36. The molecule has 3 nitrogen and oxygen atoms in total. The van der Waals surface area contributed by atoms with E-state index in [1.54, 1.807) is 7.11 Å². The number of para-hydroxylation sites is 1. The molecule has 1 fully saturated rings. The summed E-state index contributed by atoms with van der Waals surface area (Å²) in [4.78, 5) is 2.62. The molecular formula is C22H28N2O. The number of ether oxygens (including phenoxy) is 1. The Balaban J connectivity index is 1.48. The smallest absolute Gasteiger partial charge is 0.123 e. The van der Waals surface area contributed by atoms with Crippen molar-refractivity contribution in [1.29, 1.82) is 0 Å². The van der Waals surface area contributed by atoms with Crippen molar-refractivity contribution in [3.63, 3.8) is 0 Å². The number of fused-ring (bicyclic) bond motifs is 1. The van der Waals surface area contributed by atoms with E-state index in [1.807, 2.05) is 0 Å². The van der Waals surface area contributed by atoms with Crippen molar-refractivity contribution in [3.8, 4) is 5.75 Å². The van der Waals surface area contributed by atoms with Crippen LogP contribution in [0.4, 0.5) is 0 Å². The lowest BCUT2D eigenvalue weighted by Gasteiger charge is -2.30. The van der Waals surface area contributed by atoms with Crippen LogP contribution < -0.4 is 10.1 Å². The van der Waals surface area contributed by atoms with E-state index in [-0.39, 0.29) is 0 Å². The Morgan fingerprint density at radius 3 is 2.32 bits per heavy atom. The largest absolute Gasteiger partial charge is 0.496 e. The predicted octanol–water partition coefficient (Wildman–Crippen LogP) is 3.59. The van der Waals surface area contributed by atoms with E-state index >= 15 is 0 Å². The van der Waals surface area contributed by atoms with Gasteiger partial charge in [-0.05, 0) is 56.0 Å². The van der Waals surface area contributed by atoms with E-state index in [4.69, 9.17) is 4.74 Å². The van der Waals surface area contributed by atoms with E-state index < -0.39 is 0 Å². The van der Waals surface area contributed by atoms with Gasteiger partial charge < -0.3 is 10.1 Å². The molecule has 2 aromatic carbocycles. The first kappa shape index (κ1) is 16.6. The third-order valence-corrected chi connectivity index (χ3v) is 5.73. The molecule has 4 rings (SSSR count). The van der Waals surface area contributed by atoms with Crippen molar-refractivity contribution in [2.75, 3.05) is 26.7 Å². The summed E-state index contributed by atoms with van der Waals surface area (Å²) in [6.07, 6.45) is 4.91. The molecule has 1 saturated heterocycles. The van der Waals surface area contributed by atoms with Crippen LogP contribution in [-0.2, 0) is 12.8 Å². The molecule has 2 aromatic rings. The minimum Gasteiger partial charge on any atom is -0.496 e. The van der Waals surface area contributed by atoms with Gasteiger partial charge in [-0.25, -0.2) is 0 Å². The quantitative estimate of drug-likeness (QED) is 0.872. The Morgan fingerprint density at radius 1 is 1.00 bits per heavy atom. The molecule has 0 radical (unpaired) electrons. The second-order valence-corrected chi connectivity index (χ2v) is 7.28. The average Bonchev–Trinajstić information content (AvgIpc) is 3.31. The first-order valence-corrected chi connectivity index (χ1v) is 9.52. The fraction of sp³-hybridized carbons (Fsp3) is 0.455. The van der Waals surface area contributed by atoms with Gasteiger partial charge in [0.1, 0.15) is 5.75 Å². The summed E-state index contributed by atoms with van der Waals surface area (Å²) in [6, 6.07) is 18.3. The number of methoxy groups -OCH3 is 1. The molecule has 0 bridgehead atoms. The molecule has 1 unspecified atom stereocenters. The molecule has 3 heteroatoms. The van der Waals surface area contributed by atoms with Gasteiger partial charge in [-0.2, -0.15) is 0 Å². The summed E-state index contributed by atoms with van der Waals surface area (Å²) in [7, 11) is 1.78. The van der Waals surface area contributed by atoms with Crippen molar-refractivity contribution in [2.24, 2.45) is 0 Å². The molecule has 25 heavy (non-hydrogen) atoms. The topological polar surface area (TPSA) is 24.5 Å². The van der Waals surface area contributed by atoms with Gasteiger partial charge in [-0.3, -0.25) is 4.90 Å². The van der Waals surface area contributed by atoms with Crippen molar-refractivity contribution >= 4 is 0 Å². The van der Waals surface area contributed by atoms with Crippen LogP contribution in [-0.4, -0.2) is 37.7 Å². The van der Waals surface area contributed by atoms with Gasteiger partial charge in [0.2, 0.25) is 0 Å². The van der Waals surface area contributed by atoms with Crippen LogP contribution in [0.2, 0.25) is 0 Å². The van der Waals surface area contributed by atoms with Gasteiger partial charge in [-0.15, -0.1) is 0 Å². The highest BCUT2D eigenvalue weighted by molar-refractivity contribution is 5.37. The van der Waals surface area contributed by atoms with Crippen LogP contribution in [0.5, 0.6) is 5.75 Å². The fourth-order valence-electron chi connectivity index (χ4n) is 4.41. The van der Waals surface area contributed by atoms with Crippen LogP contribution in [0.3, 0.4) is 0 Å². The minimum absolute atomic E-state index is 0.391. The number of hydrogen-bond donors (Lipinski definition) is 1. The van der Waals surface area contributed by atoms with Crippen LogP contribution in [0.25, 0.3) is 0 Å². The Hall–Kier alpha value is -1.84. The molecular weight excluding hydrogens is 308 g/mol. The number of rotatable bonds is 6. The van der Waals surface area contributed by atoms with Gasteiger partial charge >= 0.3 is 0 Å². The standard InChI is InChI=1S/C22H28N2O/c1-25-22-11-5-4-10-20(22)21(24-12-6-7-13-24)16-23-19-14-17-8-2-3-9-18(17)15-19/h2-5,8-11,19,21,23H,6-7,12-16H2,1H3. The molecule has 132 valence electrons. The summed E-state index contributed by atoms with van der Waals surface area (Å²) < 4.78 is 5.65. The SMILES string of the molecule is COc1ccccc1C(CNC1Cc2ccccc2C1)N1CCCC1. The molecule has 1 atom stereocenters. The van der Waals surface area contributed by atoms with Crippen molar-refractivity contribution in [3.05, 3.63) is 65.2 Å². The molecule has 0 spiro atoms. The van der Waals surface area contributed by atoms with Crippen LogP contribution in [0, 0.1) is 0 Å². The van der Waals surface area contributed by atoms with Crippen LogP contribution >= 0.6 is 0 Å². The molecule has 1 N–H and O–H groups in total. The molecule has 1 aliphatic heterocycles. The van der Waals surface area contributed by atoms with E-state index in [9.17, 15) is 0 Å². The van der Waals surface area contributed by atoms with Gasteiger partial charge in [0.05, 0.1) is 13.2 Å². The number of nitrogens with zero attached hydrogens (tertiary/aromatic N) is 1. The maximum Gasteiger partial charge on any atom is 0.123 e. The van der Waals surface area contributed by atoms with Gasteiger partial charge in [-0.1, -0.05) is 42.5 Å². The van der Waals surface area contributed by atoms with Gasteiger partial charge in [0.25, 0.3) is 0 Å². The van der Waals surface area contributed by atoms with Crippen LogP contribution in [0.15, 0.2) is 48.5 Å². The molecule has 0 aromatic heterocycles. The fourth-order valence-corrected chi connectivity index (χ4v) is 4.41. The number of hydrogen-bond acceptors (Lipinski definition) is 3. The Labute approximate surface area is 151 Å². The highest BCUT2D eigenvalue weighted by Crippen LogP contribution is 2.32. The lowest BCUT2D eigenvalue weighted by atomic mass is 10.0. The molecule has 2 aliphatic rings. The van der Waals surface area contributed by atoms with Gasteiger partial charge in [0.15, 0.2) is 0 Å². The highest BCUT2D eigenvalue weighted by Gasteiger charge is 2.28. The number of benzene rings is 2. The summed E-state index contributed by atoms with van der Waals surface area (Å²) in [5, 5.41) is 3.86. The highest BCUT2D eigenvalue weighted by atomic mass is 16.5. The summed E-state index contributed by atoms with van der Waals surface area (Å²) in [5.41, 5.74) is 4.33. The number of likely N-dealkylation sites (tertiary alicyclic amines) is 1. The molecule has 1 heterocycles. The Morgan fingerprint density at radius 2 is 1.64 bits per heavy atom. The van der Waals surface area contributed by atoms with Crippen molar-refractivity contribution < 1.29 is 4.74 Å². The Bertz CT molecular complexity index is 684. The molecule has 0 amide bonds. The van der Waals surface area contributed by atoms with Crippen molar-refractivity contribution in [1.82, 2.24) is 10.2 Å². The zero-order valence-corrected chi connectivity index (χ0v) is 15.1. The normalized spacial score (nSPS) is 19.1. The second-order valence-electron chi connectivity index (χ2n) is 7.28. The van der Waals surface area contributed by atoms with Crippen LogP contribution in [0.1, 0.15) is 35.6 Å². The lowest BCUT2D eigenvalue weighted by Crippen LogP contribution is -2.39. The first-order chi connectivity index (χ1) is 12.3. The summed E-state index contributed by atoms with van der Waals surface area (Å²) in [5.74, 6) is 1.01. The maximum atomic E-state index is 5.65. The van der Waals surface area contributed by atoms with E-state index in [2.05, 4.69) is 58.7 Å². The third kappa shape index (κ3) is 3.58. The third-order valence-electron chi connectivity index (χ3n) is 5.73. The molecule has 1 aliphatic carbocycles. The van der Waals surface area contributed by atoms with Crippen molar-refractivity contribution in [2.45, 2.75) is 37.8 Å². The van der Waals surface area contributed by atoms with E-state index in [0.717, 1.165) is 25.1 Å². The van der Waals surface area contributed by atoms with E-state index in [1.165, 1.54) is 42.6 Å². The first-order valence-electron chi connectivity index (χ1n) is 9.52. The monoisotopic (exact) mass is 336 g/mol.